The normalized spacial score (nSPS) is 10.7. The molecule has 0 aliphatic heterocycles. The number of nitrogens with one attached hydrogen (secondary N) is 1. The first kappa shape index (κ1) is 20.7. The monoisotopic (exact) mass is 478 g/mol. The molecule has 0 atom stereocenters. The van der Waals surface area contributed by atoms with Gasteiger partial charge >= 0.3 is 0 Å². The van der Waals surface area contributed by atoms with Crippen molar-refractivity contribution in [1.29, 1.82) is 0 Å². The van der Waals surface area contributed by atoms with E-state index in [0.29, 0.717) is 28.7 Å². The fraction of sp³-hybridized carbons (Fsp3) is 0.136. The van der Waals surface area contributed by atoms with Gasteiger partial charge in [0.25, 0.3) is 5.91 Å². The van der Waals surface area contributed by atoms with Gasteiger partial charge in [-0.25, -0.2) is 4.68 Å². The highest BCUT2D eigenvalue weighted by molar-refractivity contribution is 9.10. The van der Waals surface area contributed by atoms with Crippen molar-refractivity contribution in [2.75, 3.05) is 5.32 Å². The van der Waals surface area contributed by atoms with E-state index in [9.17, 15) is 4.79 Å². The van der Waals surface area contributed by atoms with E-state index in [1.165, 1.54) is 6.20 Å². The van der Waals surface area contributed by atoms with Gasteiger partial charge in [-0.2, -0.15) is 5.10 Å². The number of ether oxygens (including phenoxy) is 1. The molecule has 0 saturated carbocycles. The third kappa shape index (κ3) is 4.61. The number of aryl methyl sites for hydroxylation is 1. The zero-order chi connectivity index (χ0) is 22.0. The van der Waals surface area contributed by atoms with Gasteiger partial charge in [-0.15, -0.1) is 10.2 Å². The van der Waals surface area contributed by atoms with E-state index in [-0.39, 0.29) is 5.91 Å². The first-order chi connectivity index (χ1) is 14.9. The Labute approximate surface area is 187 Å². The van der Waals surface area contributed by atoms with E-state index >= 15 is 0 Å². The number of carbonyl (C=O) groups excluding carboxylic acids is 1. The van der Waals surface area contributed by atoms with Crippen LogP contribution in [0.15, 0.2) is 59.3 Å². The Hall–Kier alpha value is -3.59. The van der Waals surface area contributed by atoms with Gasteiger partial charge in [-0.05, 0) is 78.7 Å². The van der Waals surface area contributed by atoms with Crippen LogP contribution in [0.2, 0.25) is 0 Å². The van der Waals surface area contributed by atoms with Gasteiger partial charge in [-0.3, -0.25) is 9.78 Å². The summed E-state index contributed by atoms with van der Waals surface area (Å²) in [6.45, 7) is 5.99. The summed E-state index contributed by atoms with van der Waals surface area (Å²) in [6, 6.07) is 12.2. The molecule has 0 unspecified atom stereocenters. The second kappa shape index (κ2) is 8.65. The molecule has 0 aliphatic carbocycles. The van der Waals surface area contributed by atoms with Crippen LogP contribution in [0.5, 0.6) is 11.6 Å². The molecule has 0 spiro atoms. The highest BCUT2D eigenvalue weighted by Crippen LogP contribution is 2.23. The predicted octanol–water partition coefficient (Wildman–Crippen LogP) is 4.79. The first-order valence-electron chi connectivity index (χ1n) is 9.47. The highest BCUT2D eigenvalue weighted by Gasteiger charge is 2.11. The standard InChI is InChI=1S/C22H19BrN6O2/c1-13-14(2)28-29(15(13)3)20-8-9-21(27-26-20)31-19-6-4-18(5-7-19)25-22(30)16-10-17(23)12-24-11-16/h4-12H,1-3H3,(H,25,30). The van der Waals surface area contributed by atoms with Crippen LogP contribution in [-0.4, -0.2) is 30.9 Å². The van der Waals surface area contributed by atoms with Crippen LogP contribution >= 0.6 is 15.9 Å². The molecule has 9 heteroatoms. The largest absolute Gasteiger partial charge is 0.438 e. The van der Waals surface area contributed by atoms with Crippen molar-refractivity contribution in [3.8, 4) is 17.4 Å². The number of rotatable bonds is 5. The minimum Gasteiger partial charge on any atom is -0.438 e. The van der Waals surface area contributed by atoms with Crippen LogP contribution in [-0.2, 0) is 0 Å². The summed E-state index contributed by atoms with van der Waals surface area (Å²) in [5.74, 6) is 1.31. The lowest BCUT2D eigenvalue weighted by Crippen LogP contribution is -2.12. The second-order valence-corrected chi connectivity index (χ2v) is 7.83. The fourth-order valence-corrected chi connectivity index (χ4v) is 3.26. The Morgan fingerprint density at radius 2 is 1.81 bits per heavy atom. The van der Waals surface area contributed by atoms with Gasteiger partial charge in [0.2, 0.25) is 5.88 Å². The summed E-state index contributed by atoms with van der Waals surface area (Å²) in [7, 11) is 0. The number of anilines is 1. The van der Waals surface area contributed by atoms with Gasteiger partial charge in [-0.1, -0.05) is 0 Å². The van der Waals surface area contributed by atoms with Crippen LogP contribution in [0.4, 0.5) is 5.69 Å². The molecule has 3 aromatic heterocycles. The summed E-state index contributed by atoms with van der Waals surface area (Å²) >= 11 is 3.31. The van der Waals surface area contributed by atoms with Crippen molar-refractivity contribution in [2.24, 2.45) is 0 Å². The quantitative estimate of drug-likeness (QED) is 0.443. The van der Waals surface area contributed by atoms with Crippen LogP contribution in [0.3, 0.4) is 0 Å². The average Bonchev–Trinajstić information content (AvgIpc) is 3.03. The maximum Gasteiger partial charge on any atom is 0.257 e. The zero-order valence-electron chi connectivity index (χ0n) is 17.1. The molecule has 0 fully saturated rings. The molecule has 0 radical (unpaired) electrons. The van der Waals surface area contributed by atoms with E-state index < -0.39 is 0 Å². The number of benzene rings is 1. The Morgan fingerprint density at radius 3 is 2.42 bits per heavy atom. The fourth-order valence-electron chi connectivity index (χ4n) is 2.89. The Balaban J connectivity index is 1.42. The van der Waals surface area contributed by atoms with Crippen molar-refractivity contribution < 1.29 is 9.53 Å². The molecular formula is C22H19BrN6O2. The number of hydrogen-bond donors (Lipinski definition) is 1. The zero-order valence-corrected chi connectivity index (χ0v) is 18.7. The van der Waals surface area contributed by atoms with Crippen molar-refractivity contribution in [2.45, 2.75) is 20.8 Å². The minimum absolute atomic E-state index is 0.247. The summed E-state index contributed by atoms with van der Waals surface area (Å²) in [4.78, 5) is 16.3. The van der Waals surface area contributed by atoms with E-state index in [4.69, 9.17) is 4.74 Å². The number of nitrogens with zero attached hydrogens (tertiary/aromatic N) is 5. The number of pyridine rings is 1. The Kier molecular flexibility index (Phi) is 5.77. The number of amides is 1. The maximum absolute atomic E-state index is 12.3. The van der Waals surface area contributed by atoms with E-state index in [2.05, 4.69) is 41.5 Å². The number of aromatic nitrogens is 5. The van der Waals surface area contributed by atoms with Crippen molar-refractivity contribution in [3.63, 3.8) is 0 Å². The van der Waals surface area contributed by atoms with E-state index in [0.717, 1.165) is 21.4 Å². The predicted molar refractivity (Wildman–Crippen MR) is 120 cm³/mol. The molecule has 1 aromatic carbocycles. The average molecular weight is 479 g/mol. The van der Waals surface area contributed by atoms with Crippen LogP contribution in [0.1, 0.15) is 27.3 Å². The van der Waals surface area contributed by atoms with Crippen molar-refractivity contribution in [3.05, 3.63) is 81.8 Å². The van der Waals surface area contributed by atoms with Gasteiger partial charge in [0.15, 0.2) is 5.82 Å². The van der Waals surface area contributed by atoms with Gasteiger partial charge in [0.05, 0.1) is 11.3 Å². The molecule has 3 heterocycles. The summed E-state index contributed by atoms with van der Waals surface area (Å²) in [5.41, 5.74) is 4.21. The molecule has 4 rings (SSSR count). The van der Waals surface area contributed by atoms with E-state index in [1.54, 1.807) is 47.3 Å². The SMILES string of the molecule is Cc1nn(-c2ccc(Oc3ccc(NC(=O)c4cncc(Br)c4)cc3)nn2)c(C)c1C. The Bertz CT molecular complexity index is 1240. The molecule has 1 amide bonds. The van der Waals surface area contributed by atoms with Crippen molar-refractivity contribution >= 4 is 27.5 Å². The molecule has 156 valence electrons. The van der Waals surface area contributed by atoms with Crippen LogP contribution in [0, 0.1) is 20.8 Å². The summed E-state index contributed by atoms with van der Waals surface area (Å²) < 4.78 is 8.26. The first-order valence-corrected chi connectivity index (χ1v) is 10.3. The van der Waals surface area contributed by atoms with E-state index in [1.807, 2.05) is 26.8 Å². The lowest BCUT2D eigenvalue weighted by molar-refractivity contribution is 0.102. The molecule has 0 bridgehead atoms. The van der Waals surface area contributed by atoms with Crippen LogP contribution < -0.4 is 10.1 Å². The van der Waals surface area contributed by atoms with Gasteiger partial charge in [0.1, 0.15) is 5.75 Å². The van der Waals surface area contributed by atoms with Crippen LogP contribution in [0.25, 0.3) is 5.82 Å². The molecule has 31 heavy (non-hydrogen) atoms. The second-order valence-electron chi connectivity index (χ2n) is 6.91. The highest BCUT2D eigenvalue weighted by atomic mass is 79.9. The minimum atomic E-state index is -0.247. The van der Waals surface area contributed by atoms with Crippen molar-refractivity contribution in [1.82, 2.24) is 25.0 Å². The summed E-state index contributed by atoms with van der Waals surface area (Å²) in [5, 5.41) is 15.7. The lowest BCUT2D eigenvalue weighted by Gasteiger charge is -2.08. The molecular weight excluding hydrogens is 460 g/mol. The van der Waals surface area contributed by atoms with Gasteiger partial charge in [0, 0.05) is 34.3 Å². The topological polar surface area (TPSA) is 94.8 Å². The number of carbonyl (C=O) groups is 1. The molecule has 0 aliphatic rings. The smallest absolute Gasteiger partial charge is 0.257 e. The molecule has 8 nitrogen and oxygen atoms in total. The number of hydrogen-bond acceptors (Lipinski definition) is 6. The maximum atomic E-state index is 12.3. The summed E-state index contributed by atoms with van der Waals surface area (Å²) in [6.07, 6.45) is 3.13. The molecule has 4 aromatic rings. The number of halogens is 1. The van der Waals surface area contributed by atoms with Gasteiger partial charge < -0.3 is 10.1 Å². The molecule has 0 saturated heterocycles. The third-order valence-corrected chi connectivity index (χ3v) is 5.23. The lowest BCUT2D eigenvalue weighted by atomic mass is 10.2. The Morgan fingerprint density at radius 1 is 1.03 bits per heavy atom. The molecule has 1 N–H and O–H groups in total. The third-order valence-electron chi connectivity index (χ3n) is 4.80.